The fourth-order valence-electron chi connectivity index (χ4n) is 2.92. The minimum atomic E-state index is -0.529. The molecule has 0 amide bonds. The number of nitrogens with zero attached hydrogens (tertiary/aromatic N) is 5. The molecule has 29 heavy (non-hydrogen) atoms. The minimum absolute atomic E-state index is 0.153. The summed E-state index contributed by atoms with van der Waals surface area (Å²) < 4.78 is 1.53. The van der Waals surface area contributed by atoms with Gasteiger partial charge < -0.3 is 11.1 Å². The zero-order chi connectivity index (χ0) is 20.8. The van der Waals surface area contributed by atoms with Crippen molar-refractivity contribution in [2.24, 2.45) is 0 Å². The summed E-state index contributed by atoms with van der Waals surface area (Å²) in [5.74, 6) is 0.282. The average Bonchev–Trinajstić information content (AvgIpc) is 3.07. The van der Waals surface area contributed by atoms with E-state index in [1.807, 2.05) is 36.4 Å². The molecule has 0 aliphatic carbocycles. The number of nitrogen functional groups attached to an aromatic ring is 1. The summed E-state index contributed by atoms with van der Waals surface area (Å²) in [4.78, 5) is 10.7. The summed E-state index contributed by atoms with van der Waals surface area (Å²) in [7, 11) is 0. The number of para-hydroxylation sites is 1. The summed E-state index contributed by atoms with van der Waals surface area (Å²) in [6, 6.07) is 17.5. The van der Waals surface area contributed by atoms with E-state index in [1.54, 1.807) is 0 Å². The van der Waals surface area contributed by atoms with Gasteiger partial charge in [-0.05, 0) is 37.1 Å². The quantitative estimate of drug-likeness (QED) is 0.359. The first-order chi connectivity index (χ1) is 14.0. The monoisotopic (exact) mass is 387 g/mol. The molecule has 0 radical (unpaired) electrons. The van der Waals surface area contributed by atoms with E-state index in [0.29, 0.717) is 36.3 Å². The second-order valence-corrected chi connectivity index (χ2v) is 6.20. The standard InChI is InChI=1S/C20H17N7O2/c21-12-14-8-9-18(19(11-14)27(28)29)24-10-4-7-17-16(13-22)20(23)26(25-17)15-5-2-1-3-6-15/h1-3,5-6,8-9,11,24H,4,7,10,23H2. The molecule has 0 aliphatic heterocycles. The van der Waals surface area contributed by atoms with Crippen LogP contribution < -0.4 is 11.1 Å². The van der Waals surface area contributed by atoms with Gasteiger partial charge in [0.15, 0.2) is 0 Å². The Morgan fingerprint density at radius 1 is 1.17 bits per heavy atom. The largest absolute Gasteiger partial charge is 0.382 e. The number of aryl methyl sites for hydroxylation is 1. The Kier molecular flexibility index (Phi) is 5.71. The highest BCUT2D eigenvalue weighted by atomic mass is 16.6. The number of hydrogen-bond acceptors (Lipinski definition) is 7. The number of nitrogens with two attached hydrogens (primary N) is 1. The fraction of sp³-hybridized carbons (Fsp3) is 0.150. The highest BCUT2D eigenvalue weighted by molar-refractivity contribution is 5.64. The molecule has 0 bridgehead atoms. The fourth-order valence-corrected chi connectivity index (χ4v) is 2.92. The predicted molar refractivity (Wildman–Crippen MR) is 107 cm³/mol. The van der Waals surface area contributed by atoms with Crippen LogP contribution in [0.2, 0.25) is 0 Å². The Morgan fingerprint density at radius 3 is 2.59 bits per heavy atom. The molecule has 0 atom stereocenters. The van der Waals surface area contributed by atoms with E-state index in [-0.39, 0.29) is 17.1 Å². The summed E-state index contributed by atoms with van der Waals surface area (Å²) in [6.45, 7) is 0.426. The average molecular weight is 387 g/mol. The van der Waals surface area contributed by atoms with Gasteiger partial charge in [-0.1, -0.05) is 18.2 Å². The Bertz CT molecular complexity index is 1120. The molecule has 3 rings (SSSR count). The molecular weight excluding hydrogens is 370 g/mol. The van der Waals surface area contributed by atoms with Gasteiger partial charge in [0.05, 0.1) is 27.9 Å². The van der Waals surface area contributed by atoms with Gasteiger partial charge in [0, 0.05) is 12.6 Å². The van der Waals surface area contributed by atoms with Crippen LogP contribution in [0, 0.1) is 32.8 Å². The topological polar surface area (TPSA) is 147 Å². The smallest absolute Gasteiger partial charge is 0.293 e. The summed E-state index contributed by atoms with van der Waals surface area (Å²) in [5.41, 5.74) is 8.16. The number of nitro benzene ring substituents is 1. The molecule has 0 spiro atoms. The van der Waals surface area contributed by atoms with Crippen LogP contribution in [-0.4, -0.2) is 21.2 Å². The van der Waals surface area contributed by atoms with Gasteiger partial charge >= 0.3 is 0 Å². The van der Waals surface area contributed by atoms with E-state index < -0.39 is 4.92 Å². The van der Waals surface area contributed by atoms with Crippen molar-refractivity contribution in [3.05, 3.63) is 75.5 Å². The number of aromatic nitrogens is 2. The number of rotatable bonds is 7. The molecular formula is C20H17N7O2. The molecule has 0 aliphatic rings. The van der Waals surface area contributed by atoms with Gasteiger partial charge in [-0.25, -0.2) is 4.68 Å². The van der Waals surface area contributed by atoms with E-state index in [4.69, 9.17) is 11.0 Å². The number of nitrogens with one attached hydrogen (secondary N) is 1. The molecule has 0 fully saturated rings. The molecule has 9 nitrogen and oxygen atoms in total. The lowest BCUT2D eigenvalue weighted by atomic mass is 10.1. The predicted octanol–water partition coefficient (Wildman–Crippen LogP) is 3.15. The van der Waals surface area contributed by atoms with Crippen molar-refractivity contribution < 1.29 is 4.92 Å². The van der Waals surface area contributed by atoms with Crippen LogP contribution in [0.1, 0.15) is 23.2 Å². The Labute approximate surface area is 166 Å². The zero-order valence-corrected chi connectivity index (χ0v) is 15.4. The first-order valence-electron chi connectivity index (χ1n) is 8.80. The van der Waals surface area contributed by atoms with Crippen molar-refractivity contribution in [2.45, 2.75) is 12.8 Å². The first kappa shape index (κ1) is 19.4. The van der Waals surface area contributed by atoms with Gasteiger partial charge in [-0.2, -0.15) is 15.6 Å². The van der Waals surface area contributed by atoms with Crippen molar-refractivity contribution in [2.75, 3.05) is 17.6 Å². The SMILES string of the molecule is N#Cc1ccc(NCCCc2nn(-c3ccccc3)c(N)c2C#N)c([N+](=O)[O-])c1. The van der Waals surface area contributed by atoms with Crippen molar-refractivity contribution in [3.8, 4) is 17.8 Å². The molecule has 1 aromatic heterocycles. The molecule has 9 heteroatoms. The maximum atomic E-state index is 11.2. The lowest BCUT2D eigenvalue weighted by Gasteiger charge is -2.07. The van der Waals surface area contributed by atoms with Crippen molar-refractivity contribution in [3.63, 3.8) is 0 Å². The molecule has 0 saturated heterocycles. The molecule has 0 unspecified atom stereocenters. The lowest BCUT2D eigenvalue weighted by molar-refractivity contribution is -0.384. The maximum Gasteiger partial charge on any atom is 0.293 e. The van der Waals surface area contributed by atoms with Gasteiger partial charge in [0.1, 0.15) is 23.1 Å². The lowest BCUT2D eigenvalue weighted by Crippen LogP contribution is -2.06. The molecule has 3 aromatic rings. The third-order valence-corrected chi connectivity index (χ3v) is 4.34. The van der Waals surface area contributed by atoms with Crippen molar-refractivity contribution in [1.82, 2.24) is 9.78 Å². The molecule has 2 aromatic carbocycles. The van der Waals surface area contributed by atoms with Crippen LogP contribution in [0.5, 0.6) is 0 Å². The zero-order valence-electron chi connectivity index (χ0n) is 15.4. The number of nitriles is 2. The number of anilines is 2. The Morgan fingerprint density at radius 2 is 1.93 bits per heavy atom. The van der Waals surface area contributed by atoms with Crippen LogP contribution >= 0.6 is 0 Å². The Balaban J connectivity index is 1.70. The van der Waals surface area contributed by atoms with Crippen LogP contribution in [0.4, 0.5) is 17.2 Å². The second kappa shape index (κ2) is 8.55. The van der Waals surface area contributed by atoms with E-state index in [9.17, 15) is 15.4 Å². The molecule has 144 valence electrons. The normalized spacial score (nSPS) is 10.1. The van der Waals surface area contributed by atoms with Crippen LogP contribution in [-0.2, 0) is 6.42 Å². The highest BCUT2D eigenvalue weighted by Crippen LogP contribution is 2.26. The van der Waals surface area contributed by atoms with E-state index in [1.165, 1.54) is 22.9 Å². The highest BCUT2D eigenvalue weighted by Gasteiger charge is 2.17. The first-order valence-corrected chi connectivity index (χ1v) is 8.80. The molecule has 1 heterocycles. The number of hydrogen-bond donors (Lipinski definition) is 2. The van der Waals surface area contributed by atoms with Crippen molar-refractivity contribution >= 4 is 17.2 Å². The van der Waals surface area contributed by atoms with Crippen LogP contribution in [0.15, 0.2) is 48.5 Å². The molecule has 3 N–H and O–H groups in total. The van der Waals surface area contributed by atoms with Gasteiger partial charge in [0.25, 0.3) is 5.69 Å². The van der Waals surface area contributed by atoms with Crippen molar-refractivity contribution in [1.29, 1.82) is 10.5 Å². The summed E-state index contributed by atoms with van der Waals surface area (Å²) in [6.07, 6.45) is 1.06. The van der Waals surface area contributed by atoms with Crippen LogP contribution in [0.3, 0.4) is 0 Å². The van der Waals surface area contributed by atoms with Gasteiger partial charge in [-0.15, -0.1) is 0 Å². The minimum Gasteiger partial charge on any atom is -0.382 e. The summed E-state index contributed by atoms with van der Waals surface area (Å²) in [5, 5.41) is 37.0. The number of benzene rings is 2. The third-order valence-electron chi connectivity index (χ3n) is 4.34. The summed E-state index contributed by atoms with van der Waals surface area (Å²) >= 11 is 0. The van der Waals surface area contributed by atoms with E-state index >= 15 is 0 Å². The molecule has 0 saturated carbocycles. The maximum absolute atomic E-state index is 11.2. The van der Waals surface area contributed by atoms with Gasteiger partial charge in [-0.3, -0.25) is 10.1 Å². The number of nitro groups is 1. The van der Waals surface area contributed by atoms with E-state index in [0.717, 1.165) is 5.69 Å². The second-order valence-electron chi connectivity index (χ2n) is 6.20. The van der Waals surface area contributed by atoms with Gasteiger partial charge in [0.2, 0.25) is 0 Å². The van der Waals surface area contributed by atoms with Crippen LogP contribution in [0.25, 0.3) is 5.69 Å². The Hall–Kier alpha value is -4.37. The van der Waals surface area contributed by atoms with E-state index in [2.05, 4.69) is 16.5 Å². The third kappa shape index (κ3) is 4.15.